The Kier molecular flexibility index (Phi) is 6.15. The molecule has 51 heavy (non-hydrogen) atoms. The van der Waals surface area contributed by atoms with E-state index in [9.17, 15) is 0 Å². The minimum atomic E-state index is 0.254. The van der Waals surface area contributed by atoms with E-state index in [1.807, 2.05) is 0 Å². The topological polar surface area (TPSA) is 4.93 Å². The van der Waals surface area contributed by atoms with Gasteiger partial charge in [-0.25, -0.2) is 0 Å². The summed E-state index contributed by atoms with van der Waals surface area (Å²) in [4.78, 5) is 0. The molecule has 238 valence electrons. The Bertz CT molecular complexity index is 2820. The molecular weight excluding hydrogens is 615 g/mol. The maximum atomic E-state index is 2.48. The van der Waals surface area contributed by atoms with Crippen LogP contribution in [0.2, 0.25) is 0 Å². The predicted molar refractivity (Wildman–Crippen MR) is 213 cm³/mol. The van der Waals surface area contributed by atoms with Crippen molar-refractivity contribution in [2.45, 2.75) is 12.3 Å². The molecule has 0 radical (unpaired) electrons. The fourth-order valence-electron chi connectivity index (χ4n) is 8.95. The summed E-state index contributed by atoms with van der Waals surface area (Å²) >= 11 is 0. The van der Waals surface area contributed by atoms with Crippen molar-refractivity contribution in [2.75, 3.05) is 0 Å². The first-order valence-corrected chi connectivity index (χ1v) is 17.9. The van der Waals surface area contributed by atoms with E-state index >= 15 is 0 Å². The molecule has 0 bridgehead atoms. The van der Waals surface area contributed by atoms with Crippen LogP contribution in [0.3, 0.4) is 0 Å². The highest BCUT2D eigenvalue weighted by molar-refractivity contribution is 6.12. The van der Waals surface area contributed by atoms with Crippen LogP contribution in [0.4, 0.5) is 0 Å². The summed E-state index contributed by atoms with van der Waals surface area (Å²) < 4.78 is 2.48. The Balaban J connectivity index is 1.11. The van der Waals surface area contributed by atoms with E-state index in [-0.39, 0.29) is 5.92 Å². The first kappa shape index (κ1) is 28.4. The third-order valence-electron chi connectivity index (χ3n) is 11.3. The van der Waals surface area contributed by atoms with Crippen LogP contribution in [0.1, 0.15) is 33.7 Å². The Morgan fingerprint density at radius 1 is 0.373 bits per heavy atom. The van der Waals surface area contributed by atoms with Gasteiger partial charge in [-0.1, -0.05) is 140 Å². The molecule has 8 aromatic carbocycles. The highest BCUT2D eigenvalue weighted by Gasteiger charge is 2.30. The van der Waals surface area contributed by atoms with Gasteiger partial charge in [-0.05, 0) is 121 Å². The van der Waals surface area contributed by atoms with Gasteiger partial charge in [-0.3, -0.25) is 0 Å². The molecule has 2 aliphatic rings. The van der Waals surface area contributed by atoms with E-state index < -0.39 is 0 Å². The van der Waals surface area contributed by atoms with E-state index in [1.54, 1.807) is 0 Å². The third kappa shape index (κ3) is 4.35. The molecule has 1 heteroatoms. The van der Waals surface area contributed by atoms with Crippen LogP contribution in [-0.2, 0) is 6.42 Å². The van der Waals surface area contributed by atoms with Crippen molar-refractivity contribution in [3.63, 3.8) is 0 Å². The number of hydrogen-bond donors (Lipinski definition) is 0. The molecule has 0 N–H and O–H groups in total. The molecule has 0 amide bonds. The van der Waals surface area contributed by atoms with Gasteiger partial charge in [0.25, 0.3) is 0 Å². The summed E-state index contributed by atoms with van der Waals surface area (Å²) in [6, 6.07) is 67.6. The van der Waals surface area contributed by atoms with Crippen LogP contribution in [0.25, 0.3) is 72.0 Å². The van der Waals surface area contributed by atoms with Gasteiger partial charge in [-0.2, -0.15) is 0 Å². The molecule has 2 aliphatic carbocycles. The number of benzene rings is 8. The van der Waals surface area contributed by atoms with Crippen molar-refractivity contribution < 1.29 is 0 Å². The van der Waals surface area contributed by atoms with Crippen molar-refractivity contribution in [1.29, 1.82) is 0 Å². The lowest BCUT2D eigenvalue weighted by Crippen LogP contribution is -1.98. The van der Waals surface area contributed by atoms with Gasteiger partial charge in [0.05, 0.1) is 11.0 Å². The summed E-state index contributed by atoms with van der Waals surface area (Å²) in [7, 11) is 0. The van der Waals surface area contributed by atoms with Crippen molar-refractivity contribution in [3.8, 4) is 50.2 Å². The van der Waals surface area contributed by atoms with E-state index in [2.05, 4.69) is 187 Å². The number of fused-ring (bicyclic) bond motifs is 9. The lowest BCUT2D eigenvalue weighted by Gasteiger charge is -2.14. The molecule has 1 aromatic heterocycles. The van der Waals surface area contributed by atoms with Crippen molar-refractivity contribution in [1.82, 2.24) is 4.57 Å². The van der Waals surface area contributed by atoms with Crippen LogP contribution in [-0.4, -0.2) is 4.57 Å². The van der Waals surface area contributed by atoms with Crippen molar-refractivity contribution >= 4 is 21.8 Å². The van der Waals surface area contributed by atoms with Gasteiger partial charge in [0.2, 0.25) is 0 Å². The van der Waals surface area contributed by atoms with Crippen LogP contribution < -0.4 is 0 Å². The average molecular weight is 648 g/mol. The quantitative estimate of drug-likeness (QED) is 0.179. The number of hydrogen-bond acceptors (Lipinski definition) is 0. The molecule has 1 atom stereocenters. The molecule has 11 rings (SSSR count). The van der Waals surface area contributed by atoms with Crippen molar-refractivity contribution in [2.24, 2.45) is 0 Å². The first-order chi connectivity index (χ1) is 25.3. The zero-order valence-electron chi connectivity index (χ0n) is 28.1. The van der Waals surface area contributed by atoms with E-state index in [0.717, 1.165) is 6.42 Å². The zero-order chi connectivity index (χ0) is 33.5. The van der Waals surface area contributed by atoms with Crippen LogP contribution >= 0.6 is 0 Å². The fraction of sp³-hybridized carbons (Fsp3) is 0.0400. The summed E-state index contributed by atoms with van der Waals surface area (Å²) in [5.41, 5.74) is 20.9. The van der Waals surface area contributed by atoms with Gasteiger partial charge in [0.15, 0.2) is 0 Å². The van der Waals surface area contributed by atoms with Crippen molar-refractivity contribution in [3.05, 3.63) is 210 Å². The summed E-state index contributed by atoms with van der Waals surface area (Å²) in [6.07, 6.45) is 0.976. The van der Waals surface area contributed by atoms with Gasteiger partial charge in [0.1, 0.15) is 0 Å². The van der Waals surface area contributed by atoms with E-state index in [0.29, 0.717) is 0 Å². The number of nitrogens with zero attached hydrogens (tertiary/aromatic N) is 1. The van der Waals surface area contributed by atoms with Gasteiger partial charge in [0, 0.05) is 22.4 Å². The second-order valence-electron chi connectivity index (χ2n) is 14.1. The van der Waals surface area contributed by atoms with Gasteiger partial charge in [-0.15, -0.1) is 0 Å². The smallest absolute Gasteiger partial charge is 0.0547 e. The highest BCUT2D eigenvalue weighted by Crippen LogP contribution is 2.49. The second kappa shape index (κ2) is 11.0. The van der Waals surface area contributed by atoms with Gasteiger partial charge >= 0.3 is 0 Å². The minimum absolute atomic E-state index is 0.254. The second-order valence-corrected chi connectivity index (χ2v) is 14.1. The minimum Gasteiger partial charge on any atom is -0.309 e. The molecule has 0 fully saturated rings. The molecule has 0 saturated heterocycles. The fourth-order valence-corrected chi connectivity index (χ4v) is 8.95. The lowest BCUT2D eigenvalue weighted by atomic mass is 9.89. The first-order valence-electron chi connectivity index (χ1n) is 17.9. The van der Waals surface area contributed by atoms with E-state index in [1.165, 1.54) is 99.8 Å². The van der Waals surface area contributed by atoms with Crippen LogP contribution in [0.15, 0.2) is 182 Å². The third-order valence-corrected chi connectivity index (χ3v) is 11.3. The molecule has 1 nitrogen and oxygen atoms in total. The summed E-state index contributed by atoms with van der Waals surface area (Å²) in [5.74, 6) is 0.254. The monoisotopic (exact) mass is 647 g/mol. The zero-order valence-corrected chi connectivity index (χ0v) is 28.1. The van der Waals surface area contributed by atoms with Crippen LogP contribution in [0.5, 0.6) is 0 Å². The van der Waals surface area contributed by atoms with Crippen LogP contribution in [0, 0.1) is 0 Å². The van der Waals surface area contributed by atoms with Gasteiger partial charge < -0.3 is 4.57 Å². The standard InChI is InChI=1S/C50H33N/c1-3-12-32(13-4-1)34-17-11-18-39(27-34)51-48-25-23-36(29-46(48)47-30-38-26-37-16-7-8-19-40(37)44(38)31-49(47)51)35-22-24-43-45(28-35)41-20-9-10-21-42(41)50(43)33-14-5-2-6-15-33/h1-25,27-31,50H,26H2. The molecule has 1 unspecified atom stereocenters. The molecule has 0 saturated carbocycles. The molecule has 9 aromatic rings. The summed E-state index contributed by atoms with van der Waals surface area (Å²) in [6.45, 7) is 0. The Hall–Kier alpha value is -6.44. The maximum Gasteiger partial charge on any atom is 0.0547 e. The predicted octanol–water partition coefficient (Wildman–Crippen LogP) is 12.8. The normalized spacial score (nSPS) is 14.0. The molecule has 1 heterocycles. The Labute approximate surface area is 297 Å². The Morgan fingerprint density at radius 3 is 1.92 bits per heavy atom. The summed E-state index contributed by atoms with van der Waals surface area (Å²) in [5, 5.41) is 2.59. The molecule has 0 spiro atoms. The maximum absolute atomic E-state index is 2.48. The number of rotatable bonds is 4. The average Bonchev–Trinajstić information content (AvgIpc) is 3.84. The number of aromatic nitrogens is 1. The lowest BCUT2D eigenvalue weighted by molar-refractivity contribution is 1.02. The molecule has 0 aliphatic heterocycles. The Morgan fingerprint density at radius 2 is 1.04 bits per heavy atom. The SMILES string of the molecule is c1ccc(-c2cccc(-n3c4ccc(-c5ccc6c(c5)-c5ccccc5C6c5ccccc5)cc4c4cc5c(cc43)-c3ccccc3C5)c2)cc1. The largest absolute Gasteiger partial charge is 0.309 e. The molecular formula is C50H33N. The van der Waals surface area contributed by atoms with E-state index in [4.69, 9.17) is 0 Å². The highest BCUT2D eigenvalue weighted by atomic mass is 15.0.